The highest BCUT2D eigenvalue weighted by atomic mass is 16.5. The van der Waals surface area contributed by atoms with Crippen molar-refractivity contribution in [2.75, 3.05) is 7.11 Å². The van der Waals surface area contributed by atoms with E-state index < -0.39 is 0 Å². The molecule has 0 saturated heterocycles. The number of hydrogen-bond donors (Lipinski definition) is 0. The summed E-state index contributed by atoms with van der Waals surface area (Å²) in [6.45, 7) is 3.97. The van der Waals surface area contributed by atoms with E-state index in [2.05, 4.69) is 0 Å². The Morgan fingerprint density at radius 3 is 2.58 bits per heavy atom. The number of rotatable bonds is 2. The average molecular weight is 253 g/mol. The van der Waals surface area contributed by atoms with Crippen LogP contribution in [-0.4, -0.2) is 17.6 Å². The number of benzene rings is 1. The molecule has 0 atom stereocenters. The Hall–Kier alpha value is -2.29. The number of methoxy groups -OCH3 is 1. The second kappa shape index (κ2) is 4.12. The minimum absolute atomic E-state index is 0.0186. The number of hydrogen-bond acceptors (Lipinski definition) is 2. The Morgan fingerprint density at radius 2 is 1.89 bits per heavy atom. The van der Waals surface area contributed by atoms with E-state index in [4.69, 9.17) is 4.74 Å². The van der Waals surface area contributed by atoms with E-state index >= 15 is 0 Å². The van der Waals surface area contributed by atoms with Crippen LogP contribution in [0.3, 0.4) is 0 Å². The molecule has 2 heterocycles. The predicted molar refractivity (Wildman–Crippen MR) is 75.4 cm³/mol. The van der Waals surface area contributed by atoms with Gasteiger partial charge >= 0.3 is 0 Å². The second-order valence-corrected chi connectivity index (χ2v) is 4.75. The topological polar surface area (TPSA) is 31.2 Å². The maximum Gasteiger partial charge on any atom is 0.263 e. The lowest BCUT2D eigenvalue weighted by molar-refractivity contribution is 0.0982. The number of nitrogens with zero attached hydrogens (tertiary/aromatic N) is 1. The fraction of sp³-hybridized carbons (Fsp3) is 0.188. The number of fused-ring (bicyclic) bond motifs is 1. The van der Waals surface area contributed by atoms with Gasteiger partial charge < -0.3 is 4.74 Å². The van der Waals surface area contributed by atoms with E-state index in [0.29, 0.717) is 5.57 Å². The van der Waals surface area contributed by atoms with Gasteiger partial charge in [0.1, 0.15) is 5.75 Å². The van der Waals surface area contributed by atoms with Crippen LogP contribution < -0.4 is 4.74 Å². The molecular weight excluding hydrogens is 238 g/mol. The largest absolute Gasteiger partial charge is 0.496 e. The quantitative estimate of drug-likeness (QED) is 0.822. The summed E-state index contributed by atoms with van der Waals surface area (Å²) in [5, 5.41) is 0. The highest BCUT2D eigenvalue weighted by Crippen LogP contribution is 2.35. The first-order chi connectivity index (χ1) is 9.13. The molecular formula is C16H15NO2. The number of carbonyl (C=O) groups excluding carboxylic acids is 1. The highest BCUT2D eigenvalue weighted by molar-refractivity contribution is 6.29. The molecule has 3 heteroatoms. The van der Waals surface area contributed by atoms with E-state index in [1.165, 1.54) is 0 Å². The summed E-state index contributed by atoms with van der Waals surface area (Å²) in [6, 6.07) is 9.64. The van der Waals surface area contributed by atoms with Crippen LogP contribution in [0.5, 0.6) is 5.75 Å². The van der Waals surface area contributed by atoms with Crippen molar-refractivity contribution in [1.82, 2.24) is 4.57 Å². The molecule has 1 aliphatic heterocycles. The van der Waals surface area contributed by atoms with Gasteiger partial charge in [-0.05, 0) is 37.6 Å². The molecule has 0 spiro atoms. The zero-order chi connectivity index (χ0) is 13.6. The highest BCUT2D eigenvalue weighted by Gasteiger charge is 2.27. The zero-order valence-corrected chi connectivity index (χ0v) is 11.2. The minimum atomic E-state index is 0.0186. The molecule has 0 aliphatic carbocycles. The fourth-order valence-electron chi connectivity index (χ4n) is 2.65. The summed E-state index contributed by atoms with van der Waals surface area (Å²) < 4.78 is 7.10. The van der Waals surface area contributed by atoms with Crippen LogP contribution in [0, 0.1) is 13.8 Å². The molecule has 0 bridgehead atoms. The molecule has 1 aliphatic rings. The normalized spacial score (nSPS) is 13.4. The lowest BCUT2D eigenvalue weighted by atomic mass is 10.0. The third kappa shape index (κ3) is 1.62. The summed E-state index contributed by atoms with van der Waals surface area (Å²) in [7, 11) is 1.62. The van der Waals surface area contributed by atoms with Crippen molar-refractivity contribution in [2.24, 2.45) is 0 Å². The van der Waals surface area contributed by atoms with Crippen molar-refractivity contribution >= 4 is 17.6 Å². The molecule has 3 nitrogen and oxygen atoms in total. The average Bonchev–Trinajstić information content (AvgIpc) is 2.89. The number of carbonyl (C=O) groups is 1. The van der Waals surface area contributed by atoms with E-state index in [1.807, 2.05) is 50.3 Å². The van der Waals surface area contributed by atoms with Crippen molar-refractivity contribution in [3.8, 4) is 5.75 Å². The first-order valence-electron chi connectivity index (χ1n) is 6.22. The van der Waals surface area contributed by atoms with Crippen LogP contribution in [0.4, 0.5) is 0 Å². The van der Waals surface area contributed by atoms with Crippen LogP contribution in [0.1, 0.15) is 27.3 Å². The predicted octanol–water partition coefficient (Wildman–Crippen LogP) is 3.31. The number of ether oxygens (including phenoxy) is 1. The maximum atomic E-state index is 12.5. The van der Waals surface area contributed by atoms with Crippen LogP contribution in [-0.2, 0) is 0 Å². The van der Waals surface area contributed by atoms with Gasteiger partial charge in [0.25, 0.3) is 5.91 Å². The van der Waals surface area contributed by atoms with Crippen LogP contribution in [0.2, 0.25) is 0 Å². The number of aryl methyl sites for hydroxylation is 2. The van der Waals surface area contributed by atoms with Gasteiger partial charge in [-0.1, -0.05) is 18.2 Å². The summed E-state index contributed by atoms with van der Waals surface area (Å²) in [5.74, 6) is 0.744. The van der Waals surface area contributed by atoms with Gasteiger partial charge in [0.15, 0.2) is 0 Å². The van der Waals surface area contributed by atoms with E-state index in [0.717, 1.165) is 28.3 Å². The lowest BCUT2D eigenvalue weighted by Crippen LogP contribution is -2.10. The Kier molecular flexibility index (Phi) is 2.56. The van der Waals surface area contributed by atoms with Crippen LogP contribution in [0.25, 0.3) is 11.6 Å². The summed E-state index contributed by atoms with van der Waals surface area (Å²) in [4.78, 5) is 12.5. The standard InChI is InChI=1S/C16H15NO2/c1-10-8-11(2)17-14(10)9-13(16(17)18)12-6-4-5-7-15(12)19-3/h4-9H,1-3H3. The molecule has 0 N–H and O–H groups in total. The van der Waals surface area contributed by atoms with Gasteiger partial charge in [0.2, 0.25) is 0 Å². The first kappa shape index (κ1) is 11.8. The second-order valence-electron chi connectivity index (χ2n) is 4.75. The van der Waals surface area contributed by atoms with Crippen LogP contribution in [0.15, 0.2) is 30.3 Å². The maximum absolute atomic E-state index is 12.5. The summed E-state index contributed by atoms with van der Waals surface area (Å²) in [6.07, 6.45) is 1.95. The number of aromatic nitrogens is 1. The molecule has 1 aromatic heterocycles. The van der Waals surface area contributed by atoms with Crippen molar-refractivity contribution in [1.29, 1.82) is 0 Å². The summed E-state index contributed by atoms with van der Waals surface area (Å²) in [5.41, 5.74) is 4.61. The SMILES string of the molecule is COc1ccccc1C1=Cc2c(C)cc(C)n2C1=O. The van der Waals surface area contributed by atoms with Crippen molar-refractivity contribution in [2.45, 2.75) is 13.8 Å². The molecule has 96 valence electrons. The van der Waals surface area contributed by atoms with E-state index in [-0.39, 0.29) is 5.91 Å². The summed E-state index contributed by atoms with van der Waals surface area (Å²) >= 11 is 0. The van der Waals surface area contributed by atoms with Crippen LogP contribution >= 0.6 is 0 Å². The van der Waals surface area contributed by atoms with E-state index in [1.54, 1.807) is 11.7 Å². The molecule has 0 radical (unpaired) electrons. The molecule has 0 unspecified atom stereocenters. The number of allylic oxidation sites excluding steroid dienone is 1. The molecule has 0 saturated carbocycles. The van der Waals surface area contributed by atoms with Gasteiger partial charge in [-0.2, -0.15) is 0 Å². The molecule has 1 aromatic carbocycles. The Morgan fingerprint density at radius 1 is 1.16 bits per heavy atom. The lowest BCUT2D eigenvalue weighted by Gasteiger charge is -2.08. The first-order valence-corrected chi connectivity index (χ1v) is 6.22. The van der Waals surface area contributed by atoms with Gasteiger partial charge in [-0.15, -0.1) is 0 Å². The number of para-hydroxylation sites is 1. The third-order valence-electron chi connectivity index (χ3n) is 3.53. The molecule has 0 fully saturated rings. The fourth-order valence-corrected chi connectivity index (χ4v) is 2.65. The van der Waals surface area contributed by atoms with Gasteiger partial charge in [-0.25, -0.2) is 0 Å². The van der Waals surface area contributed by atoms with Gasteiger partial charge in [0, 0.05) is 11.3 Å². The minimum Gasteiger partial charge on any atom is -0.496 e. The smallest absolute Gasteiger partial charge is 0.263 e. The molecule has 3 rings (SSSR count). The van der Waals surface area contributed by atoms with Gasteiger partial charge in [0.05, 0.1) is 18.4 Å². The zero-order valence-electron chi connectivity index (χ0n) is 11.2. The molecule has 0 amide bonds. The third-order valence-corrected chi connectivity index (χ3v) is 3.53. The van der Waals surface area contributed by atoms with Crippen molar-refractivity contribution < 1.29 is 9.53 Å². The van der Waals surface area contributed by atoms with Crippen molar-refractivity contribution in [3.05, 3.63) is 52.8 Å². The Bertz CT molecular complexity index is 708. The Labute approximate surface area is 112 Å². The van der Waals surface area contributed by atoms with E-state index in [9.17, 15) is 4.79 Å². The van der Waals surface area contributed by atoms with Crippen molar-refractivity contribution in [3.63, 3.8) is 0 Å². The monoisotopic (exact) mass is 253 g/mol. The molecule has 19 heavy (non-hydrogen) atoms. The Balaban J connectivity index is 2.17. The van der Waals surface area contributed by atoms with Gasteiger partial charge in [-0.3, -0.25) is 9.36 Å². The molecule has 2 aromatic rings.